The first-order chi connectivity index (χ1) is 9.43. The van der Waals surface area contributed by atoms with Crippen LogP contribution in [0.5, 0.6) is 0 Å². The van der Waals surface area contributed by atoms with Gasteiger partial charge in [0.05, 0.1) is 6.10 Å². The Bertz CT molecular complexity index is 481. The van der Waals surface area contributed by atoms with Gasteiger partial charge in [0.1, 0.15) is 7.63 Å². The number of carbonyl (C=O) groups is 2. The molecule has 0 saturated carbocycles. The van der Waals surface area contributed by atoms with Crippen molar-refractivity contribution in [2.75, 3.05) is 0 Å². The highest BCUT2D eigenvalue weighted by Crippen LogP contribution is 2.24. The molecule has 102 valence electrons. The van der Waals surface area contributed by atoms with Crippen LogP contribution in [0, 0.1) is 0 Å². The maximum atomic E-state index is 10.9. The summed E-state index contributed by atoms with van der Waals surface area (Å²) in [5.74, 6) is -0.412. The summed E-state index contributed by atoms with van der Waals surface area (Å²) in [7, 11) is 0. The van der Waals surface area contributed by atoms with E-state index in [9.17, 15) is 9.59 Å². The Kier molecular flexibility index (Phi) is 5.31. The first-order valence-electron chi connectivity index (χ1n) is 6.48. The molecule has 0 N–H and O–H groups in total. The molecule has 0 saturated heterocycles. The Morgan fingerprint density at radius 2 is 2.11 bits per heavy atom. The molecule has 1 aromatic carbocycles. The first kappa shape index (κ1) is 13.5. The summed E-state index contributed by atoms with van der Waals surface area (Å²) in [6, 6.07) is 6.58. The van der Waals surface area contributed by atoms with Crippen molar-refractivity contribution < 1.29 is 20.4 Å². The van der Waals surface area contributed by atoms with Crippen LogP contribution in [-0.2, 0) is 14.3 Å². The molecule has 0 spiro atoms. The molecule has 0 aromatic heterocycles. The summed E-state index contributed by atoms with van der Waals surface area (Å²) >= 11 is 0. The molecule has 0 amide bonds. The minimum Gasteiger partial charge on any atom is -0.436 e. The molecular formula is C15H18O4. The van der Waals surface area contributed by atoms with E-state index in [1.807, 2.05) is 0 Å². The van der Waals surface area contributed by atoms with E-state index in [2.05, 4.69) is 6.58 Å². The largest absolute Gasteiger partial charge is 0.436 e. The third-order valence-corrected chi connectivity index (χ3v) is 2.47. The van der Waals surface area contributed by atoms with Crippen molar-refractivity contribution in [3.63, 3.8) is 0 Å². The number of benzene rings is 1. The maximum absolute atomic E-state index is 10.9. The van der Waals surface area contributed by atoms with E-state index in [-0.39, 0.29) is 6.10 Å². The molecule has 0 aliphatic carbocycles. The van der Waals surface area contributed by atoms with Gasteiger partial charge in [-0.1, -0.05) is 30.3 Å². The van der Waals surface area contributed by atoms with Gasteiger partial charge >= 0.3 is 5.97 Å². The summed E-state index contributed by atoms with van der Waals surface area (Å²) < 4.78 is 17.6. The molecule has 0 fully saturated rings. The average molecular weight is 263 g/mol. The molecule has 0 aliphatic rings. The molecule has 1 rings (SSSR count). The number of rotatable bonds is 7. The smallest absolute Gasteiger partial charge is 0.304 e. The van der Waals surface area contributed by atoms with E-state index in [1.54, 1.807) is 37.3 Å². The summed E-state index contributed by atoms with van der Waals surface area (Å²) in [5, 5.41) is 0. The third-order valence-electron chi connectivity index (χ3n) is 2.47. The van der Waals surface area contributed by atoms with Crippen molar-refractivity contribution in [2.24, 2.45) is 0 Å². The van der Waals surface area contributed by atoms with Crippen molar-refractivity contribution in [1.29, 1.82) is 0 Å². The van der Waals surface area contributed by atoms with Gasteiger partial charge in [-0.25, -0.2) is 0 Å². The van der Waals surface area contributed by atoms with Crippen molar-refractivity contribution in [1.82, 2.24) is 0 Å². The fourth-order valence-electron chi connectivity index (χ4n) is 1.68. The van der Waals surface area contributed by atoms with Crippen LogP contribution in [0.2, 0.25) is 0 Å². The van der Waals surface area contributed by atoms with Crippen LogP contribution in [-0.4, -0.2) is 18.5 Å². The molecular weight excluding hydrogens is 244 g/mol. The predicted octanol–water partition coefficient (Wildman–Crippen LogP) is 3.04. The normalized spacial score (nSPS) is 14.1. The van der Waals surface area contributed by atoms with Crippen LogP contribution >= 0.6 is 0 Å². The highest BCUT2D eigenvalue weighted by molar-refractivity contribution is 5.74. The van der Waals surface area contributed by atoms with Crippen molar-refractivity contribution in [3.05, 3.63) is 48.0 Å². The van der Waals surface area contributed by atoms with Crippen LogP contribution < -0.4 is 0 Å². The first-order valence-corrected chi connectivity index (χ1v) is 5.98. The number of carbonyl (C=O) groups excluding carboxylic acids is 2. The minimum absolute atomic E-state index is 0.319. The zero-order valence-electron chi connectivity index (χ0n) is 12.1. The topological polar surface area (TPSA) is 52.6 Å². The van der Waals surface area contributed by atoms with Gasteiger partial charge in [0.2, 0.25) is 6.29 Å². The number of hydrogen-bond donors (Lipinski definition) is 0. The van der Waals surface area contributed by atoms with Gasteiger partial charge in [-0.2, -0.15) is 0 Å². The van der Waals surface area contributed by atoms with Gasteiger partial charge in [0.25, 0.3) is 0 Å². The molecule has 0 bridgehead atoms. The molecule has 0 aliphatic heterocycles. The van der Waals surface area contributed by atoms with Gasteiger partial charge in [-0.15, -0.1) is 6.58 Å². The molecule has 19 heavy (non-hydrogen) atoms. The lowest BCUT2D eigenvalue weighted by molar-refractivity contribution is -0.183. The number of esters is 1. The SMILES string of the molecule is [2H]C(=O)c1ccc([C@H](CC=C)OC(C)OC(C)=O)cc1. The molecule has 0 heterocycles. The fourth-order valence-corrected chi connectivity index (χ4v) is 1.68. The van der Waals surface area contributed by atoms with Gasteiger partial charge in [0, 0.05) is 12.5 Å². The second kappa shape index (κ2) is 7.48. The van der Waals surface area contributed by atoms with Crippen LogP contribution in [0.25, 0.3) is 0 Å². The molecule has 4 heteroatoms. The van der Waals surface area contributed by atoms with E-state index >= 15 is 0 Å². The zero-order chi connectivity index (χ0) is 15.1. The van der Waals surface area contributed by atoms with Crippen LogP contribution in [0.1, 0.15) is 43.7 Å². The quantitative estimate of drug-likeness (QED) is 0.328. The highest BCUT2D eigenvalue weighted by Gasteiger charge is 2.16. The van der Waals surface area contributed by atoms with E-state index in [4.69, 9.17) is 10.8 Å². The zero-order valence-corrected chi connectivity index (χ0v) is 11.1. The monoisotopic (exact) mass is 263 g/mol. The summed E-state index contributed by atoms with van der Waals surface area (Å²) in [4.78, 5) is 21.8. The Balaban J connectivity index is 2.81. The van der Waals surface area contributed by atoms with E-state index in [0.29, 0.717) is 12.0 Å². The Morgan fingerprint density at radius 3 is 2.58 bits per heavy atom. The Hall–Kier alpha value is -1.94. The molecule has 2 atom stereocenters. The molecule has 0 radical (unpaired) electrons. The van der Waals surface area contributed by atoms with Crippen LogP contribution in [0.4, 0.5) is 0 Å². The van der Waals surface area contributed by atoms with E-state index in [1.165, 1.54) is 6.92 Å². The molecule has 1 aromatic rings. The standard InChI is InChI=1S/C15H18O4/c1-4-5-15(19-12(3)18-11(2)17)14-8-6-13(10-16)7-9-14/h4,6-10,12,15H,1,5H2,2-3H3/t12?,15-/m0/s1/i10D. The van der Waals surface area contributed by atoms with Crippen LogP contribution in [0.15, 0.2) is 36.9 Å². The van der Waals surface area contributed by atoms with Crippen molar-refractivity contribution in [3.8, 4) is 0 Å². The van der Waals surface area contributed by atoms with Gasteiger partial charge < -0.3 is 9.47 Å². The van der Waals surface area contributed by atoms with Gasteiger partial charge in [-0.3, -0.25) is 9.59 Å². The number of hydrogen-bond acceptors (Lipinski definition) is 4. The third kappa shape index (κ3) is 5.06. The average Bonchev–Trinajstić information content (AvgIpc) is 2.37. The highest BCUT2D eigenvalue weighted by atomic mass is 16.7. The lowest BCUT2D eigenvalue weighted by Gasteiger charge is -2.21. The second-order valence-electron chi connectivity index (χ2n) is 4.05. The van der Waals surface area contributed by atoms with E-state index < -0.39 is 18.5 Å². The molecule has 1 unspecified atom stereocenters. The predicted molar refractivity (Wildman–Crippen MR) is 71.7 cm³/mol. The molecule has 4 nitrogen and oxygen atoms in total. The summed E-state index contributed by atoms with van der Waals surface area (Å²) in [6.45, 7) is 6.62. The number of aldehydes is 1. The maximum Gasteiger partial charge on any atom is 0.304 e. The summed E-state index contributed by atoms with van der Waals surface area (Å²) in [6.07, 6.45) is 0.520. The van der Waals surface area contributed by atoms with Gasteiger partial charge in [-0.05, 0) is 18.9 Å². The van der Waals surface area contributed by atoms with Crippen molar-refractivity contribution in [2.45, 2.75) is 32.7 Å². The van der Waals surface area contributed by atoms with Crippen molar-refractivity contribution >= 4 is 12.2 Å². The lowest BCUT2D eigenvalue weighted by atomic mass is 10.0. The van der Waals surface area contributed by atoms with Gasteiger partial charge in [0.15, 0.2) is 0 Å². The second-order valence-corrected chi connectivity index (χ2v) is 4.05. The Labute approximate surface area is 114 Å². The Morgan fingerprint density at radius 1 is 1.47 bits per heavy atom. The fraction of sp³-hybridized carbons (Fsp3) is 0.333. The lowest BCUT2D eigenvalue weighted by Crippen LogP contribution is -2.19. The van der Waals surface area contributed by atoms with Crippen LogP contribution in [0.3, 0.4) is 0 Å². The minimum atomic E-state index is -0.731. The number of ether oxygens (including phenoxy) is 2. The summed E-state index contributed by atoms with van der Waals surface area (Å²) in [5.41, 5.74) is 1.15. The van der Waals surface area contributed by atoms with E-state index in [0.717, 1.165) is 5.56 Å².